The van der Waals surface area contributed by atoms with Crippen LogP contribution in [0.2, 0.25) is 0 Å². The number of carbonyl (C=O) groups is 1. The molecule has 0 aliphatic carbocycles. The lowest BCUT2D eigenvalue weighted by molar-refractivity contribution is -0.385. The summed E-state index contributed by atoms with van der Waals surface area (Å²) in [4.78, 5) is 22.3. The molecule has 5 nitrogen and oxygen atoms in total. The molecule has 6 heteroatoms. The number of benzene rings is 1. The zero-order chi connectivity index (χ0) is 14.4. The summed E-state index contributed by atoms with van der Waals surface area (Å²) in [5.74, 6) is 0.160. The molecule has 104 valence electrons. The van der Waals surface area contributed by atoms with E-state index in [1.807, 2.05) is 6.92 Å². The lowest BCUT2D eigenvalue weighted by Crippen LogP contribution is -2.34. The van der Waals surface area contributed by atoms with Crippen molar-refractivity contribution >= 4 is 23.2 Å². The SMILES string of the molecule is CCC(CCCl)NC(=O)c1ccc(C)c([N+](=O)[O-])c1. The predicted molar refractivity (Wildman–Crippen MR) is 74.7 cm³/mol. The number of halogens is 1. The molecule has 0 saturated carbocycles. The van der Waals surface area contributed by atoms with Crippen molar-refractivity contribution in [2.75, 3.05) is 5.88 Å². The molecule has 1 N–H and O–H groups in total. The lowest BCUT2D eigenvalue weighted by Gasteiger charge is -2.15. The van der Waals surface area contributed by atoms with Crippen LogP contribution in [0.15, 0.2) is 18.2 Å². The molecule has 1 rings (SSSR count). The number of rotatable bonds is 6. The molecular formula is C13H17ClN2O3. The van der Waals surface area contributed by atoms with Gasteiger partial charge in [0.15, 0.2) is 0 Å². The minimum atomic E-state index is -0.484. The van der Waals surface area contributed by atoms with Crippen LogP contribution in [0.3, 0.4) is 0 Å². The summed E-state index contributed by atoms with van der Waals surface area (Å²) in [7, 11) is 0. The first-order valence-corrected chi connectivity index (χ1v) is 6.64. The van der Waals surface area contributed by atoms with E-state index in [4.69, 9.17) is 11.6 Å². The third kappa shape index (κ3) is 4.21. The number of nitrogens with one attached hydrogen (secondary N) is 1. The van der Waals surface area contributed by atoms with Crippen LogP contribution in [0.25, 0.3) is 0 Å². The molecule has 0 radical (unpaired) electrons. The van der Waals surface area contributed by atoms with E-state index in [-0.39, 0.29) is 17.6 Å². The number of nitro groups is 1. The van der Waals surface area contributed by atoms with Crippen molar-refractivity contribution in [3.63, 3.8) is 0 Å². The zero-order valence-electron chi connectivity index (χ0n) is 11.0. The first-order chi connectivity index (χ1) is 8.99. The van der Waals surface area contributed by atoms with E-state index >= 15 is 0 Å². The first kappa shape index (κ1) is 15.4. The Morgan fingerprint density at radius 1 is 1.53 bits per heavy atom. The number of nitro benzene ring substituents is 1. The van der Waals surface area contributed by atoms with Crippen molar-refractivity contribution < 1.29 is 9.72 Å². The molecule has 0 heterocycles. The molecule has 0 aromatic heterocycles. The summed E-state index contributed by atoms with van der Waals surface area (Å²) in [6.07, 6.45) is 1.45. The van der Waals surface area contributed by atoms with E-state index in [0.717, 1.165) is 6.42 Å². The highest BCUT2D eigenvalue weighted by Gasteiger charge is 2.16. The first-order valence-electron chi connectivity index (χ1n) is 6.11. The molecule has 0 bridgehead atoms. The van der Waals surface area contributed by atoms with Gasteiger partial charge < -0.3 is 5.32 Å². The molecule has 0 saturated heterocycles. The number of alkyl halides is 1. The molecule has 0 aliphatic heterocycles. The largest absolute Gasteiger partial charge is 0.349 e. The number of hydrogen-bond acceptors (Lipinski definition) is 3. The molecular weight excluding hydrogens is 268 g/mol. The minimum absolute atomic E-state index is 0.00893. The number of amides is 1. The van der Waals surface area contributed by atoms with Crippen LogP contribution in [0.5, 0.6) is 0 Å². The van der Waals surface area contributed by atoms with Crippen LogP contribution in [-0.4, -0.2) is 22.8 Å². The molecule has 0 fully saturated rings. The maximum atomic E-state index is 12.0. The fourth-order valence-corrected chi connectivity index (χ4v) is 1.99. The number of nitrogens with zero attached hydrogens (tertiary/aromatic N) is 1. The van der Waals surface area contributed by atoms with Crippen molar-refractivity contribution in [3.8, 4) is 0 Å². The minimum Gasteiger partial charge on any atom is -0.349 e. The summed E-state index contributed by atoms with van der Waals surface area (Å²) in [5, 5.41) is 13.7. The van der Waals surface area contributed by atoms with Gasteiger partial charge in [-0.3, -0.25) is 14.9 Å². The highest BCUT2D eigenvalue weighted by Crippen LogP contribution is 2.19. The Morgan fingerprint density at radius 3 is 2.74 bits per heavy atom. The third-order valence-electron chi connectivity index (χ3n) is 2.95. The third-order valence-corrected chi connectivity index (χ3v) is 3.17. The van der Waals surface area contributed by atoms with E-state index in [1.54, 1.807) is 19.1 Å². The van der Waals surface area contributed by atoms with Gasteiger partial charge in [0.05, 0.1) is 4.92 Å². The fourth-order valence-electron chi connectivity index (χ4n) is 1.73. The Bertz CT molecular complexity index is 477. The smallest absolute Gasteiger partial charge is 0.273 e. The molecule has 1 aromatic carbocycles. The molecule has 1 aromatic rings. The van der Waals surface area contributed by atoms with Gasteiger partial charge in [-0.25, -0.2) is 0 Å². The van der Waals surface area contributed by atoms with Gasteiger partial charge in [0.1, 0.15) is 0 Å². The van der Waals surface area contributed by atoms with E-state index in [9.17, 15) is 14.9 Å². The summed E-state index contributed by atoms with van der Waals surface area (Å²) in [6.45, 7) is 3.59. The molecule has 0 spiro atoms. The van der Waals surface area contributed by atoms with Crippen LogP contribution in [-0.2, 0) is 0 Å². The van der Waals surface area contributed by atoms with E-state index < -0.39 is 4.92 Å². The van der Waals surface area contributed by atoms with Crippen molar-refractivity contribution in [3.05, 3.63) is 39.4 Å². The number of carbonyl (C=O) groups excluding carboxylic acids is 1. The highest BCUT2D eigenvalue weighted by molar-refractivity contribution is 6.17. The molecule has 1 amide bonds. The molecule has 1 atom stereocenters. The molecule has 19 heavy (non-hydrogen) atoms. The fraction of sp³-hybridized carbons (Fsp3) is 0.462. The van der Waals surface area contributed by atoms with Gasteiger partial charge in [-0.1, -0.05) is 13.0 Å². The second kappa shape index (κ2) is 7.09. The molecule has 0 aliphatic rings. The van der Waals surface area contributed by atoms with Crippen molar-refractivity contribution in [1.29, 1.82) is 0 Å². The van der Waals surface area contributed by atoms with Crippen molar-refractivity contribution in [1.82, 2.24) is 5.32 Å². The van der Waals surface area contributed by atoms with Gasteiger partial charge >= 0.3 is 0 Å². The second-order valence-corrected chi connectivity index (χ2v) is 4.69. The van der Waals surface area contributed by atoms with Gasteiger partial charge in [0.25, 0.3) is 11.6 Å². The Hall–Kier alpha value is -1.62. The Morgan fingerprint density at radius 2 is 2.21 bits per heavy atom. The average Bonchev–Trinajstić information content (AvgIpc) is 2.38. The van der Waals surface area contributed by atoms with E-state index in [1.165, 1.54) is 6.07 Å². The van der Waals surface area contributed by atoms with Crippen LogP contribution in [0.1, 0.15) is 35.7 Å². The van der Waals surface area contributed by atoms with Gasteiger partial charge in [0, 0.05) is 29.1 Å². The standard InChI is InChI=1S/C13H17ClN2O3/c1-3-11(6-7-14)15-13(17)10-5-4-9(2)12(8-10)16(18)19/h4-5,8,11H,3,6-7H2,1-2H3,(H,15,17). The number of aryl methyl sites for hydroxylation is 1. The number of hydrogen-bond donors (Lipinski definition) is 1. The maximum absolute atomic E-state index is 12.0. The Kier molecular flexibility index (Phi) is 5.76. The van der Waals surface area contributed by atoms with Gasteiger partial charge in [0.2, 0.25) is 0 Å². The summed E-state index contributed by atoms with van der Waals surface area (Å²) < 4.78 is 0. The van der Waals surface area contributed by atoms with Crippen molar-refractivity contribution in [2.45, 2.75) is 32.7 Å². The highest BCUT2D eigenvalue weighted by atomic mass is 35.5. The average molecular weight is 285 g/mol. The van der Waals surface area contributed by atoms with E-state index in [0.29, 0.717) is 23.4 Å². The second-order valence-electron chi connectivity index (χ2n) is 4.31. The Labute approximate surface area is 117 Å². The zero-order valence-corrected chi connectivity index (χ0v) is 11.7. The van der Waals surface area contributed by atoms with Gasteiger partial charge in [-0.2, -0.15) is 0 Å². The Balaban J connectivity index is 2.88. The topological polar surface area (TPSA) is 72.2 Å². The quantitative estimate of drug-likeness (QED) is 0.496. The maximum Gasteiger partial charge on any atom is 0.273 e. The van der Waals surface area contributed by atoms with Gasteiger partial charge in [-0.15, -0.1) is 11.6 Å². The summed E-state index contributed by atoms with van der Waals surface area (Å²) in [6, 6.07) is 4.46. The molecule has 1 unspecified atom stereocenters. The monoisotopic (exact) mass is 284 g/mol. The predicted octanol–water partition coefficient (Wildman–Crippen LogP) is 3.04. The summed E-state index contributed by atoms with van der Waals surface area (Å²) >= 11 is 5.65. The van der Waals surface area contributed by atoms with Crippen LogP contribution in [0.4, 0.5) is 5.69 Å². The summed E-state index contributed by atoms with van der Waals surface area (Å²) in [5.41, 5.74) is 0.790. The van der Waals surface area contributed by atoms with Crippen molar-refractivity contribution in [2.24, 2.45) is 0 Å². The van der Waals surface area contributed by atoms with Crippen LogP contribution >= 0.6 is 11.6 Å². The van der Waals surface area contributed by atoms with Crippen LogP contribution < -0.4 is 5.32 Å². The lowest BCUT2D eigenvalue weighted by atomic mass is 10.1. The van der Waals surface area contributed by atoms with E-state index in [2.05, 4.69) is 5.32 Å². The van der Waals surface area contributed by atoms with Crippen LogP contribution in [0, 0.1) is 17.0 Å². The normalized spacial score (nSPS) is 11.9. The van der Waals surface area contributed by atoms with Gasteiger partial charge in [-0.05, 0) is 25.8 Å².